The maximum Gasteiger partial charge on any atom is 0.244 e. The summed E-state index contributed by atoms with van der Waals surface area (Å²) in [6, 6.07) is 13.3. The van der Waals surface area contributed by atoms with E-state index in [0.717, 1.165) is 33.2 Å². The lowest BCUT2D eigenvalue weighted by Crippen LogP contribution is -2.20. The normalized spacial score (nSPS) is 11.1. The first-order valence-electron chi connectivity index (χ1n) is 8.68. The van der Waals surface area contributed by atoms with Gasteiger partial charge in [0, 0.05) is 28.6 Å². The molecule has 138 valence electrons. The average Bonchev–Trinajstić information content (AvgIpc) is 2.94. The van der Waals surface area contributed by atoms with Gasteiger partial charge in [-0.25, -0.2) is 0 Å². The Morgan fingerprint density at radius 2 is 1.96 bits per heavy atom. The van der Waals surface area contributed by atoms with Crippen molar-refractivity contribution in [1.82, 2.24) is 20.1 Å². The molecule has 0 saturated carbocycles. The van der Waals surface area contributed by atoms with Crippen LogP contribution < -0.4 is 5.32 Å². The molecule has 0 aliphatic carbocycles. The maximum absolute atomic E-state index is 12.1. The molecule has 6 heteroatoms. The molecule has 1 aromatic carbocycles. The van der Waals surface area contributed by atoms with Crippen molar-refractivity contribution in [2.75, 3.05) is 0 Å². The first-order valence-corrected chi connectivity index (χ1v) is 9.05. The molecule has 0 aliphatic rings. The minimum Gasteiger partial charge on any atom is -0.347 e. The standard InChI is InChI=1S/C21H21ClN4O/c1-15-19(10-11-21(27)24-13-18-8-5-6-12-23-18)16(2)26(25-15)14-17-7-3-4-9-20(17)22/h3-12H,13-14H2,1-2H3,(H,24,27)/b11-10+. The Balaban J connectivity index is 1.68. The quantitative estimate of drug-likeness (QED) is 0.659. The van der Waals surface area contributed by atoms with E-state index in [-0.39, 0.29) is 5.91 Å². The molecule has 0 atom stereocenters. The highest BCUT2D eigenvalue weighted by atomic mass is 35.5. The minimum absolute atomic E-state index is 0.168. The number of halogens is 1. The zero-order chi connectivity index (χ0) is 19.2. The third kappa shape index (κ3) is 4.83. The van der Waals surface area contributed by atoms with Gasteiger partial charge in [0.1, 0.15) is 0 Å². The number of carbonyl (C=O) groups excluding carboxylic acids is 1. The van der Waals surface area contributed by atoms with E-state index in [9.17, 15) is 4.79 Å². The lowest BCUT2D eigenvalue weighted by Gasteiger charge is -2.06. The van der Waals surface area contributed by atoms with E-state index >= 15 is 0 Å². The molecule has 1 N–H and O–H groups in total. The Hall–Kier alpha value is -2.92. The van der Waals surface area contributed by atoms with Crippen LogP contribution in [0.1, 0.15) is 28.2 Å². The van der Waals surface area contributed by atoms with E-state index in [1.807, 2.05) is 61.0 Å². The molecule has 3 aromatic rings. The topological polar surface area (TPSA) is 59.8 Å². The molecule has 0 unspecified atom stereocenters. The van der Waals surface area contributed by atoms with Crippen LogP contribution in [0.3, 0.4) is 0 Å². The third-order valence-electron chi connectivity index (χ3n) is 4.29. The molecule has 5 nitrogen and oxygen atoms in total. The number of hydrogen-bond donors (Lipinski definition) is 1. The lowest BCUT2D eigenvalue weighted by atomic mass is 10.1. The number of amides is 1. The molecule has 27 heavy (non-hydrogen) atoms. The van der Waals surface area contributed by atoms with Crippen LogP contribution in [0.5, 0.6) is 0 Å². The maximum atomic E-state index is 12.1. The van der Waals surface area contributed by atoms with Crippen molar-refractivity contribution in [1.29, 1.82) is 0 Å². The molecule has 0 bridgehead atoms. The molecule has 1 amide bonds. The van der Waals surface area contributed by atoms with Gasteiger partial charge in [0.05, 0.1) is 24.5 Å². The van der Waals surface area contributed by atoms with Crippen LogP contribution in [0.4, 0.5) is 0 Å². The van der Waals surface area contributed by atoms with Gasteiger partial charge in [-0.1, -0.05) is 35.9 Å². The number of rotatable bonds is 6. The Kier molecular flexibility index (Phi) is 6.04. The zero-order valence-corrected chi connectivity index (χ0v) is 16.1. The van der Waals surface area contributed by atoms with Gasteiger partial charge in [-0.2, -0.15) is 5.10 Å². The highest BCUT2D eigenvalue weighted by Gasteiger charge is 2.11. The second-order valence-electron chi connectivity index (χ2n) is 6.21. The predicted octanol–water partition coefficient (Wildman–Crippen LogP) is 3.93. The van der Waals surface area contributed by atoms with Crippen molar-refractivity contribution in [2.45, 2.75) is 26.9 Å². The van der Waals surface area contributed by atoms with E-state index in [1.54, 1.807) is 12.3 Å². The second kappa shape index (κ2) is 8.64. The van der Waals surface area contributed by atoms with Crippen molar-refractivity contribution in [3.63, 3.8) is 0 Å². The molecule has 3 rings (SSSR count). The fourth-order valence-electron chi connectivity index (χ4n) is 2.79. The summed E-state index contributed by atoms with van der Waals surface area (Å²) in [5, 5.41) is 8.13. The van der Waals surface area contributed by atoms with Gasteiger partial charge in [0.2, 0.25) is 5.91 Å². The van der Waals surface area contributed by atoms with Crippen LogP contribution in [0.25, 0.3) is 6.08 Å². The van der Waals surface area contributed by atoms with Crippen LogP contribution in [0.15, 0.2) is 54.7 Å². The summed E-state index contributed by atoms with van der Waals surface area (Å²) >= 11 is 6.25. The van der Waals surface area contributed by atoms with Crippen LogP contribution in [0, 0.1) is 13.8 Å². The van der Waals surface area contributed by atoms with Gasteiger partial charge >= 0.3 is 0 Å². The first kappa shape index (κ1) is 18.9. The second-order valence-corrected chi connectivity index (χ2v) is 6.61. The number of hydrogen-bond acceptors (Lipinski definition) is 3. The number of nitrogens with zero attached hydrogens (tertiary/aromatic N) is 3. The summed E-state index contributed by atoms with van der Waals surface area (Å²) < 4.78 is 1.90. The summed E-state index contributed by atoms with van der Waals surface area (Å²) in [6.07, 6.45) is 5.03. The summed E-state index contributed by atoms with van der Waals surface area (Å²) in [7, 11) is 0. The van der Waals surface area contributed by atoms with Crippen LogP contribution in [-0.2, 0) is 17.9 Å². The largest absolute Gasteiger partial charge is 0.347 e. The van der Waals surface area contributed by atoms with Gasteiger partial charge in [-0.3, -0.25) is 14.5 Å². The Morgan fingerprint density at radius 3 is 2.70 bits per heavy atom. The first-order chi connectivity index (χ1) is 13.0. The molecule has 0 saturated heterocycles. The van der Waals surface area contributed by atoms with E-state index in [0.29, 0.717) is 13.1 Å². The molecular formula is C21H21ClN4O. The third-order valence-corrected chi connectivity index (χ3v) is 4.66. The average molecular weight is 381 g/mol. The van der Waals surface area contributed by atoms with Crippen LogP contribution >= 0.6 is 11.6 Å². The Labute approximate surface area is 163 Å². The van der Waals surface area contributed by atoms with Crippen molar-refractivity contribution in [2.24, 2.45) is 0 Å². The number of benzene rings is 1. The van der Waals surface area contributed by atoms with Gasteiger partial charge < -0.3 is 5.32 Å². The number of pyridine rings is 1. The highest BCUT2D eigenvalue weighted by Crippen LogP contribution is 2.20. The van der Waals surface area contributed by atoms with E-state index in [2.05, 4.69) is 15.4 Å². The Bertz CT molecular complexity index is 964. The van der Waals surface area contributed by atoms with Crippen molar-refractivity contribution >= 4 is 23.6 Å². The predicted molar refractivity (Wildman–Crippen MR) is 107 cm³/mol. The molecule has 0 radical (unpaired) electrons. The smallest absolute Gasteiger partial charge is 0.244 e. The van der Waals surface area contributed by atoms with E-state index in [1.165, 1.54) is 6.08 Å². The SMILES string of the molecule is Cc1nn(Cc2ccccc2Cl)c(C)c1/C=C/C(=O)NCc1ccccn1. The Morgan fingerprint density at radius 1 is 1.19 bits per heavy atom. The summed E-state index contributed by atoms with van der Waals surface area (Å²) in [5.41, 5.74) is 4.62. The molecule has 0 fully saturated rings. The number of aryl methyl sites for hydroxylation is 1. The molecule has 2 heterocycles. The summed E-state index contributed by atoms with van der Waals surface area (Å²) in [5.74, 6) is -0.168. The van der Waals surface area contributed by atoms with Gasteiger partial charge in [-0.15, -0.1) is 0 Å². The fourth-order valence-corrected chi connectivity index (χ4v) is 2.99. The summed E-state index contributed by atoms with van der Waals surface area (Å²) in [4.78, 5) is 16.3. The van der Waals surface area contributed by atoms with Crippen molar-refractivity contribution in [3.05, 3.63) is 88.0 Å². The van der Waals surface area contributed by atoms with Crippen LogP contribution in [0.2, 0.25) is 5.02 Å². The van der Waals surface area contributed by atoms with E-state index in [4.69, 9.17) is 11.6 Å². The van der Waals surface area contributed by atoms with Gasteiger partial charge in [0.25, 0.3) is 0 Å². The zero-order valence-electron chi connectivity index (χ0n) is 15.3. The number of aromatic nitrogens is 3. The molecular weight excluding hydrogens is 360 g/mol. The summed E-state index contributed by atoms with van der Waals surface area (Å²) in [6.45, 7) is 4.91. The van der Waals surface area contributed by atoms with E-state index < -0.39 is 0 Å². The monoisotopic (exact) mass is 380 g/mol. The van der Waals surface area contributed by atoms with Gasteiger partial charge in [0.15, 0.2) is 0 Å². The van der Waals surface area contributed by atoms with Crippen molar-refractivity contribution < 1.29 is 4.79 Å². The minimum atomic E-state index is -0.168. The number of nitrogens with one attached hydrogen (secondary N) is 1. The molecule has 0 aliphatic heterocycles. The fraction of sp³-hybridized carbons (Fsp3) is 0.190. The molecule has 2 aromatic heterocycles. The lowest BCUT2D eigenvalue weighted by molar-refractivity contribution is -0.116. The van der Waals surface area contributed by atoms with Gasteiger partial charge in [-0.05, 0) is 43.7 Å². The molecule has 0 spiro atoms. The van der Waals surface area contributed by atoms with Crippen molar-refractivity contribution in [3.8, 4) is 0 Å². The highest BCUT2D eigenvalue weighted by molar-refractivity contribution is 6.31. The number of carbonyl (C=O) groups is 1. The van der Waals surface area contributed by atoms with Crippen LogP contribution in [-0.4, -0.2) is 20.7 Å².